The van der Waals surface area contributed by atoms with Crippen molar-refractivity contribution in [3.63, 3.8) is 0 Å². The van der Waals surface area contributed by atoms with Crippen LogP contribution in [0.15, 0.2) is 29.2 Å². The monoisotopic (exact) mass is 325 g/mol. The maximum Gasteiger partial charge on any atom is 0.309 e. The topological polar surface area (TPSA) is 63.7 Å². The minimum Gasteiger partial charge on any atom is -0.466 e. The second kappa shape index (κ2) is 6.79. The summed E-state index contributed by atoms with van der Waals surface area (Å²) in [5.74, 6) is -0.486. The summed E-state index contributed by atoms with van der Waals surface area (Å²) in [7, 11) is -3.49. The van der Waals surface area contributed by atoms with Gasteiger partial charge in [-0.25, -0.2) is 8.42 Å². The van der Waals surface area contributed by atoms with Crippen molar-refractivity contribution in [3.05, 3.63) is 29.8 Å². The van der Waals surface area contributed by atoms with Gasteiger partial charge in [0.1, 0.15) is 0 Å². The van der Waals surface area contributed by atoms with Crippen molar-refractivity contribution in [1.82, 2.24) is 4.31 Å². The van der Waals surface area contributed by atoms with Gasteiger partial charge in [0.05, 0.1) is 17.4 Å². The lowest BCUT2D eigenvalue weighted by atomic mass is 9.88. The van der Waals surface area contributed by atoms with Crippen LogP contribution in [-0.4, -0.2) is 38.4 Å². The van der Waals surface area contributed by atoms with Crippen LogP contribution in [0.4, 0.5) is 0 Å². The minimum atomic E-state index is -3.49. The Morgan fingerprint density at radius 2 is 1.95 bits per heavy atom. The number of hydrogen-bond acceptors (Lipinski definition) is 4. The lowest BCUT2D eigenvalue weighted by Gasteiger charge is -2.34. The summed E-state index contributed by atoms with van der Waals surface area (Å²) >= 11 is 0. The minimum absolute atomic E-state index is 0.0481. The first-order chi connectivity index (χ1) is 10.4. The summed E-state index contributed by atoms with van der Waals surface area (Å²) < 4.78 is 31.8. The van der Waals surface area contributed by atoms with Crippen LogP contribution in [0.5, 0.6) is 0 Å². The highest BCUT2D eigenvalue weighted by molar-refractivity contribution is 7.89. The average molecular weight is 325 g/mol. The molecular formula is C16H23NO4S. The number of piperidine rings is 1. The molecule has 22 heavy (non-hydrogen) atoms. The van der Waals surface area contributed by atoms with Crippen molar-refractivity contribution in [2.24, 2.45) is 11.8 Å². The second-order valence-corrected chi connectivity index (χ2v) is 7.74. The van der Waals surface area contributed by atoms with Gasteiger partial charge in [-0.3, -0.25) is 4.79 Å². The summed E-state index contributed by atoms with van der Waals surface area (Å²) in [6.07, 6.45) is 0.505. The van der Waals surface area contributed by atoms with Gasteiger partial charge in [0.15, 0.2) is 0 Å². The molecule has 2 rings (SSSR count). The van der Waals surface area contributed by atoms with Crippen LogP contribution in [0.2, 0.25) is 0 Å². The Bertz CT molecular complexity index is 624. The van der Waals surface area contributed by atoms with Gasteiger partial charge in [-0.2, -0.15) is 4.31 Å². The largest absolute Gasteiger partial charge is 0.466 e. The third kappa shape index (κ3) is 3.50. The molecule has 0 amide bonds. The summed E-state index contributed by atoms with van der Waals surface area (Å²) in [4.78, 5) is 12.2. The van der Waals surface area contributed by atoms with Crippen molar-refractivity contribution in [1.29, 1.82) is 0 Å². The zero-order valence-electron chi connectivity index (χ0n) is 13.3. The molecule has 1 saturated heterocycles. The molecule has 2 atom stereocenters. The van der Waals surface area contributed by atoms with Crippen LogP contribution < -0.4 is 0 Å². The molecule has 1 aliphatic rings. The van der Waals surface area contributed by atoms with Gasteiger partial charge in [-0.05, 0) is 38.3 Å². The first-order valence-electron chi connectivity index (χ1n) is 7.59. The van der Waals surface area contributed by atoms with E-state index >= 15 is 0 Å². The molecule has 6 heteroatoms. The number of nitrogens with zero attached hydrogens (tertiary/aromatic N) is 1. The molecule has 0 aromatic heterocycles. The Labute approximate surface area is 132 Å². The van der Waals surface area contributed by atoms with Crippen LogP contribution in [0.25, 0.3) is 0 Å². The summed E-state index contributed by atoms with van der Waals surface area (Å²) in [6.45, 7) is 6.65. The van der Waals surface area contributed by atoms with Gasteiger partial charge in [0.2, 0.25) is 10.0 Å². The molecular weight excluding hydrogens is 302 g/mol. The van der Waals surface area contributed by atoms with E-state index in [1.165, 1.54) is 4.31 Å². The Balaban J connectivity index is 2.12. The Kier molecular flexibility index (Phi) is 5.24. The maximum absolute atomic E-state index is 12.7. The Morgan fingerprint density at radius 1 is 1.32 bits per heavy atom. The smallest absolute Gasteiger partial charge is 0.309 e. The van der Waals surface area contributed by atoms with Crippen LogP contribution in [0.3, 0.4) is 0 Å². The lowest BCUT2D eigenvalue weighted by molar-refractivity contribution is -0.151. The van der Waals surface area contributed by atoms with Crippen molar-refractivity contribution in [3.8, 4) is 0 Å². The molecule has 0 radical (unpaired) electrons. The molecule has 1 aromatic carbocycles. The molecule has 5 nitrogen and oxygen atoms in total. The summed E-state index contributed by atoms with van der Waals surface area (Å²) in [6, 6.07) is 6.85. The molecule has 0 bridgehead atoms. The second-order valence-electron chi connectivity index (χ2n) is 5.80. The van der Waals surface area contributed by atoms with E-state index in [0.717, 1.165) is 5.56 Å². The van der Waals surface area contributed by atoms with Gasteiger partial charge in [-0.15, -0.1) is 0 Å². The molecule has 1 heterocycles. The van der Waals surface area contributed by atoms with Crippen LogP contribution >= 0.6 is 0 Å². The van der Waals surface area contributed by atoms with Crippen LogP contribution in [0.1, 0.15) is 25.8 Å². The average Bonchev–Trinajstić information content (AvgIpc) is 2.47. The predicted octanol–water partition coefficient (Wildman–Crippen LogP) is 2.20. The van der Waals surface area contributed by atoms with E-state index in [2.05, 4.69) is 0 Å². The predicted molar refractivity (Wildman–Crippen MR) is 83.8 cm³/mol. The first-order valence-corrected chi connectivity index (χ1v) is 9.03. The molecule has 1 aliphatic heterocycles. The van der Waals surface area contributed by atoms with Gasteiger partial charge >= 0.3 is 5.97 Å². The van der Waals surface area contributed by atoms with Crippen molar-refractivity contribution >= 4 is 16.0 Å². The molecule has 2 unspecified atom stereocenters. The van der Waals surface area contributed by atoms with Crippen molar-refractivity contribution in [2.75, 3.05) is 19.7 Å². The number of esters is 1. The number of ether oxygens (including phenoxy) is 1. The highest BCUT2D eigenvalue weighted by Crippen LogP contribution is 2.28. The van der Waals surface area contributed by atoms with E-state index in [9.17, 15) is 13.2 Å². The van der Waals surface area contributed by atoms with E-state index in [1.54, 1.807) is 31.2 Å². The van der Waals surface area contributed by atoms with E-state index in [-0.39, 0.29) is 17.8 Å². The lowest BCUT2D eigenvalue weighted by Crippen LogP contribution is -2.45. The summed E-state index contributed by atoms with van der Waals surface area (Å²) in [5.41, 5.74) is 1.02. The third-order valence-electron chi connectivity index (χ3n) is 4.12. The number of sulfonamides is 1. The standard InChI is InChI=1S/C16H23NO4S/c1-4-21-16(18)15-9-10-17(11-13(15)3)22(19,20)14-7-5-12(2)6-8-14/h5-8,13,15H,4,9-11H2,1-3H3. The zero-order chi connectivity index (χ0) is 16.3. The molecule has 0 aliphatic carbocycles. The van der Waals surface area contributed by atoms with Crippen LogP contribution in [0, 0.1) is 18.8 Å². The Hall–Kier alpha value is -1.40. The van der Waals surface area contributed by atoms with Gasteiger partial charge in [-0.1, -0.05) is 24.6 Å². The third-order valence-corrected chi connectivity index (χ3v) is 6.00. The fraction of sp³-hybridized carbons (Fsp3) is 0.562. The number of benzene rings is 1. The van der Waals surface area contributed by atoms with Crippen molar-refractivity contribution in [2.45, 2.75) is 32.1 Å². The molecule has 0 saturated carbocycles. The molecule has 122 valence electrons. The number of hydrogen-bond donors (Lipinski definition) is 0. The van der Waals surface area contributed by atoms with Crippen LogP contribution in [-0.2, 0) is 19.6 Å². The highest BCUT2D eigenvalue weighted by atomic mass is 32.2. The molecule has 0 N–H and O–H groups in total. The number of aryl methyl sites for hydroxylation is 1. The molecule has 1 aromatic rings. The van der Waals surface area contributed by atoms with Crippen molar-refractivity contribution < 1.29 is 17.9 Å². The SMILES string of the molecule is CCOC(=O)C1CCN(S(=O)(=O)c2ccc(C)cc2)CC1C. The molecule has 0 spiro atoms. The zero-order valence-corrected chi connectivity index (χ0v) is 14.1. The van der Waals surface area contributed by atoms with E-state index in [4.69, 9.17) is 4.74 Å². The van der Waals surface area contributed by atoms with E-state index < -0.39 is 10.0 Å². The summed E-state index contributed by atoms with van der Waals surface area (Å²) in [5, 5.41) is 0. The fourth-order valence-electron chi connectivity index (χ4n) is 2.78. The van der Waals surface area contributed by atoms with E-state index in [1.807, 2.05) is 13.8 Å². The van der Waals surface area contributed by atoms with Gasteiger partial charge in [0.25, 0.3) is 0 Å². The fourth-order valence-corrected chi connectivity index (χ4v) is 4.34. The number of rotatable bonds is 4. The first kappa shape index (κ1) is 17.0. The normalized spacial score (nSPS) is 23.2. The molecule has 1 fully saturated rings. The maximum atomic E-state index is 12.7. The number of carbonyl (C=O) groups is 1. The Morgan fingerprint density at radius 3 is 2.50 bits per heavy atom. The van der Waals surface area contributed by atoms with E-state index in [0.29, 0.717) is 31.0 Å². The highest BCUT2D eigenvalue weighted by Gasteiger charge is 2.37. The van der Waals surface area contributed by atoms with Gasteiger partial charge in [0, 0.05) is 13.1 Å². The quantitative estimate of drug-likeness (QED) is 0.796. The van der Waals surface area contributed by atoms with Gasteiger partial charge < -0.3 is 4.74 Å². The number of carbonyl (C=O) groups excluding carboxylic acids is 1.